The topological polar surface area (TPSA) is 188 Å². The number of carbonyl (C=O) groups is 1. The van der Waals surface area contributed by atoms with Crippen LogP contribution in [0.3, 0.4) is 0 Å². The van der Waals surface area contributed by atoms with E-state index in [9.17, 15) is 32.5 Å². The predicted molar refractivity (Wildman–Crippen MR) is 332 cm³/mol. The molecule has 0 radical (unpaired) electrons. The molecule has 2 aromatic heterocycles. The predicted octanol–water partition coefficient (Wildman–Crippen LogP) is 15.7. The summed E-state index contributed by atoms with van der Waals surface area (Å²) in [6.07, 6.45) is 0. The number of nitrogens with two attached hydrogens (primary N) is 2. The van der Waals surface area contributed by atoms with Gasteiger partial charge in [-0.05, 0) is 151 Å². The Morgan fingerprint density at radius 2 is 1.01 bits per heavy atom. The monoisotopic (exact) mass is 1190 g/mol. The molecule has 0 aliphatic rings. The van der Waals surface area contributed by atoms with Gasteiger partial charge in [-0.15, -0.1) is 0 Å². The highest BCUT2D eigenvalue weighted by atomic mass is 35.5. The molecule has 85 heavy (non-hydrogen) atoms. The molecule has 7 N–H and O–H groups in total. The van der Waals surface area contributed by atoms with E-state index in [0.717, 1.165) is 51.5 Å². The number of benzene rings is 9. The van der Waals surface area contributed by atoms with Crippen LogP contribution in [-0.4, -0.2) is 29.4 Å². The van der Waals surface area contributed by atoms with Gasteiger partial charge in [0, 0.05) is 30.8 Å². The number of nitrogen functional groups attached to an aromatic ring is 2. The molecule has 19 heteroatoms. The summed E-state index contributed by atoms with van der Waals surface area (Å²) in [6.45, 7) is 10.0. The smallest absolute Gasteiger partial charge is 0.292 e. The largest absolute Gasteiger partial charge is 0.397 e. The molecule has 0 bridgehead atoms. The van der Waals surface area contributed by atoms with Gasteiger partial charge in [0.15, 0.2) is 5.78 Å². The van der Waals surface area contributed by atoms with E-state index >= 15 is 0 Å². The van der Waals surface area contributed by atoms with E-state index in [4.69, 9.17) is 40.1 Å². The van der Waals surface area contributed by atoms with Crippen molar-refractivity contribution in [2.75, 3.05) is 22.1 Å². The lowest BCUT2D eigenvalue weighted by molar-refractivity contribution is -0.384. The number of Topliss-reactive ketones (excluding diaryl/α,β-unsaturated/α-hetero) is 1. The van der Waals surface area contributed by atoms with Gasteiger partial charge in [-0.25, -0.2) is 22.5 Å². The summed E-state index contributed by atoms with van der Waals surface area (Å²) in [4.78, 5) is 27.5. The molecule has 13 nitrogen and oxygen atoms in total. The van der Waals surface area contributed by atoms with Crippen molar-refractivity contribution >= 4 is 79.7 Å². The number of aromatic nitrogens is 4. The maximum absolute atomic E-state index is 14.0. The van der Waals surface area contributed by atoms with E-state index in [0.29, 0.717) is 75.7 Å². The molecule has 0 spiro atoms. The molecule has 0 saturated carbocycles. The van der Waals surface area contributed by atoms with Crippen LogP contribution in [0.1, 0.15) is 54.9 Å². The van der Waals surface area contributed by atoms with Crippen molar-refractivity contribution in [1.29, 1.82) is 5.41 Å². The lowest BCUT2D eigenvalue weighted by Gasteiger charge is -2.11. The van der Waals surface area contributed by atoms with Gasteiger partial charge in [0.05, 0.1) is 68.0 Å². The summed E-state index contributed by atoms with van der Waals surface area (Å²) < 4.78 is 58.7. The number of nitrogens with one attached hydrogen (secondary N) is 3. The van der Waals surface area contributed by atoms with Gasteiger partial charge >= 0.3 is 0 Å². The third kappa shape index (κ3) is 15.7. The van der Waals surface area contributed by atoms with Gasteiger partial charge in [-0.3, -0.25) is 20.3 Å². The van der Waals surface area contributed by atoms with Crippen LogP contribution < -0.4 is 27.7 Å². The number of rotatable bonds is 14. The Balaban J connectivity index is 0.000000152. The summed E-state index contributed by atoms with van der Waals surface area (Å²) in [7, 11) is 0. The number of ketones is 1. The quantitative estimate of drug-likeness (QED) is 0.0234. The van der Waals surface area contributed by atoms with Crippen molar-refractivity contribution in [3.63, 3.8) is 0 Å². The van der Waals surface area contributed by atoms with E-state index in [2.05, 4.69) is 15.6 Å². The standard InChI is InChI=1S/C23H18Cl2FN3O.C15H14FN3.C14H13FN2O2.C14H15FN2/c1-14-4-2-3-5-16(14)12-28-21-11-17(26)7-9-20(21)29(23(28)27)13-22(30)15-6-8-18(24)19(25)10-15;1-10-4-2-3-5-11(10)9-19-14-8-12(16)6-7-13(14)18-15(19)17;1-10-4-2-3-5-11(10)9-16-13-8-12(15)6-7-14(13)17(18)19;1-10-4-2-3-5-11(10)9-17-14-8-12(15)6-7-13(14)16/h2-11,27H,12-13H2,1H3;2-8H,9H2,1H3,(H2,17,18);2-8,16H,9H2,1H3;2-8,17H,9,16H2,1H3. The van der Waals surface area contributed by atoms with Gasteiger partial charge in [0.1, 0.15) is 29.0 Å². The highest BCUT2D eigenvalue weighted by Crippen LogP contribution is 2.28. The second-order valence-electron chi connectivity index (χ2n) is 19.9. The third-order valence-corrected chi connectivity index (χ3v) is 14.9. The number of fused-ring (bicyclic) bond motifs is 2. The normalized spacial score (nSPS) is 10.8. The van der Waals surface area contributed by atoms with Gasteiger partial charge in [-0.1, -0.05) is 120 Å². The van der Waals surface area contributed by atoms with Crippen LogP contribution in [0.5, 0.6) is 0 Å². The summed E-state index contributed by atoms with van der Waals surface area (Å²) >= 11 is 12.0. The van der Waals surface area contributed by atoms with Gasteiger partial charge < -0.3 is 35.8 Å². The first-order valence-corrected chi connectivity index (χ1v) is 27.5. The molecule has 0 saturated heterocycles. The number of nitro benzene ring substituents is 1. The number of nitro groups is 1. The molecule has 2 heterocycles. The van der Waals surface area contributed by atoms with Crippen molar-refractivity contribution in [2.45, 2.75) is 60.4 Å². The van der Waals surface area contributed by atoms with Crippen molar-refractivity contribution in [3.8, 4) is 0 Å². The lowest BCUT2D eigenvalue weighted by atomic mass is 10.1. The zero-order valence-corrected chi connectivity index (χ0v) is 48.3. The van der Waals surface area contributed by atoms with Crippen LogP contribution in [0.4, 0.5) is 46.3 Å². The Morgan fingerprint density at radius 1 is 0.541 bits per heavy atom. The third-order valence-electron chi connectivity index (χ3n) is 14.1. The molecule has 0 unspecified atom stereocenters. The first-order chi connectivity index (χ1) is 40.7. The van der Waals surface area contributed by atoms with E-state index in [1.165, 1.54) is 59.2 Å². The number of halogens is 6. The Bertz CT molecular complexity index is 4280. The molecule has 11 rings (SSSR count). The van der Waals surface area contributed by atoms with Crippen LogP contribution >= 0.6 is 23.2 Å². The molecule has 11 aromatic rings. The van der Waals surface area contributed by atoms with E-state index in [1.807, 2.05) is 129 Å². The lowest BCUT2D eigenvalue weighted by Crippen LogP contribution is -2.27. The number of carbonyl (C=O) groups excluding carboxylic acids is 1. The first-order valence-electron chi connectivity index (χ1n) is 26.7. The molecule has 9 aromatic carbocycles. The van der Waals surface area contributed by atoms with Crippen LogP contribution in [0.25, 0.3) is 22.1 Å². The number of hydrogen-bond acceptors (Lipinski definition) is 9. The fourth-order valence-electron chi connectivity index (χ4n) is 9.22. The van der Waals surface area contributed by atoms with E-state index in [1.54, 1.807) is 39.5 Å². The van der Waals surface area contributed by atoms with Gasteiger partial charge in [0.2, 0.25) is 11.6 Å². The number of aryl methyl sites for hydroxylation is 4. The van der Waals surface area contributed by atoms with Crippen molar-refractivity contribution in [2.24, 2.45) is 0 Å². The highest BCUT2D eigenvalue weighted by molar-refractivity contribution is 6.42. The number of imidazole rings is 2. The van der Waals surface area contributed by atoms with Crippen LogP contribution in [-0.2, 0) is 32.7 Å². The number of nitrogens with zero attached hydrogens (tertiary/aromatic N) is 5. The molecule has 434 valence electrons. The van der Waals surface area contributed by atoms with Gasteiger partial charge in [-0.2, -0.15) is 0 Å². The summed E-state index contributed by atoms with van der Waals surface area (Å²) in [6, 6.07) is 52.9. The minimum absolute atomic E-state index is 0.0697. The second kappa shape index (κ2) is 28.0. The first kappa shape index (κ1) is 61.4. The molecule has 0 atom stereocenters. The van der Waals surface area contributed by atoms with E-state index < -0.39 is 16.6 Å². The van der Waals surface area contributed by atoms with Crippen molar-refractivity contribution in [3.05, 3.63) is 287 Å². The minimum Gasteiger partial charge on any atom is -0.397 e. The molecule has 0 fully saturated rings. The zero-order valence-electron chi connectivity index (χ0n) is 46.8. The zero-order chi connectivity index (χ0) is 60.9. The summed E-state index contributed by atoms with van der Waals surface area (Å²) in [5.74, 6) is -1.27. The summed E-state index contributed by atoms with van der Waals surface area (Å²) in [5, 5.41) is 26.3. The Hall–Kier alpha value is -9.71. The highest BCUT2D eigenvalue weighted by Gasteiger charge is 2.18. The van der Waals surface area contributed by atoms with Crippen LogP contribution in [0.2, 0.25) is 10.0 Å². The fraction of sp³-hybridized carbons (Fsp3) is 0.136. The number of hydrogen-bond donors (Lipinski definition) is 5. The van der Waals surface area contributed by atoms with E-state index in [-0.39, 0.29) is 41.0 Å². The van der Waals surface area contributed by atoms with Crippen molar-refractivity contribution < 1.29 is 27.3 Å². The molecule has 0 aliphatic heterocycles. The Kier molecular flexibility index (Phi) is 20.2. The number of anilines is 4. The second-order valence-corrected chi connectivity index (χ2v) is 20.7. The Labute approximate surface area is 498 Å². The average molecular weight is 1190 g/mol. The fourth-order valence-corrected chi connectivity index (χ4v) is 9.52. The van der Waals surface area contributed by atoms with Crippen LogP contribution in [0, 0.1) is 66.5 Å². The molecule has 0 aliphatic carbocycles. The summed E-state index contributed by atoms with van der Waals surface area (Å²) in [5.41, 5.74) is 25.0. The maximum Gasteiger partial charge on any atom is 0.292 e. The maximum atomic E-state index is 14.0. The molecular weight excluding hydrogens is 1130 g/mol. The molecule has 0 amide bonds. The van der Waals surface area contributed by atoms with Crippen molar-refractivity contribution in [1.82, 2.24) is 18.7 Å². The SMILES string of the molecule is Cc1ccccc1CNc1cc(F)ccc1N.Cc1ccccc1CNc1cc(F)ccc1[N+](=O)[O-].Cc1ccccc1Cn1c(=N)n(CC(=O)c2ccc(Cl)c(Cl)c2)c2ccc(F)cc21.Cc1ccccc1Cn1c(N)nc2ccc(F)cc21. The molecular formula is C66H60Cl2F4N10O3. The average Bonchev–Trinajstić information content (AvgIpc) is 2.34. The van der Waals surface area contributed by atoms with Gasteiger partial charge in [0.25, 0.3) is 5.69 Å². The Morgan fingerprint density at radius 3 is 1.56 bits per heavy atom. The minimum atomic E-state index is -0.528. The van der Waals surface area contributed by atoms with Crippen LogP contribution in [0.15, 0.2) is 188 Å².